The highest BCUT2D eigenvalue weighted by Gasteiger charge is 2.27. The van der Waals surface area contributed by atoms with Gasteiger partial charge in [-0.25, -0.2) is 0 Å². The van der Waals surface area contributed by atoms with Crippen molar-refractivity contribution in [2.75, 3.05) is 0 Å². The predicted octanol–water partition coefficient (Wildman–Crippen LogP) is 3.05. The van der Waals surface area contributed by atoms with E-state index in [0.717, 1.165) is 27.6 Å². The average Bonchev–Trinajstić information content (AvgIpc) is 3.06. The van der Waals surface area contributed by atoms with E-state index in [2.05, 4.69) is 20.2 Å². The number of ether oxygens (including phenoxy) is 1. The van der Waals surface area contributed by atoms with Gasteiger partial charge in [-0.3, -0.25) is 4.98 Å². The minimum atomic E-state index is -0.359. The normalized spacial score (nSPS) is 16.1. The molecule has 4 heterocycles. The first-order valence-corrected chi connectivity index (χ1v) is 8.12. The molecule has 4 aromatic rings. The van der Waals surface area contributed by atoms with E-state index in [4.69, 9.17) is 4.74 Å². The molecule has 7 heteroatoms. The molecule has 0 fully saturated rings. The number of nitrogens with zero attached hydrogens (tertiary/aromatic N) is 3. The monoisotopic (exact) mass is 346 g/mol. The van der Waals surface area contributed by atoms with E-state index in [1.165, 1.54) is 6.20 Å². The first-order chi connectivity index (χ1) is 12.7. The highest BCUT2D eigenvalue weighted by atomic mass is 16.5. The van der Waals surface area contributed by atoms with E-state index >= 15 is 0 Å². The summed E-state index contributed by atoms with van der Waals surface area (Å²) in [4.78, 5) is 7.22. The van der Waals surface area contributed by atoms with Gasteiger partial charge in [0.15, 0.2) is 5.65 Å². The quantitative estimate of drug-likeness (QED) is 0.489. The largest absolute Gasteiger partial charge is 0.508 e. The molecule has 0 radical (unpaired) electrons. The van der Waals surface area contributed by atoms with E-state index in [1.54, 1.807) is 24.5 Å². The minimum Gasteiger partial charge on any atom is -0.508 e. The van der Waals surface area contributed by atoms with E-state index in [-0.39, 0.29) is 24.2 Å². The highest BCUT2D eigenvalue weighted by Crippen LogP contribution is 2.43. The Morgan fingerprint density at radius 2 is 1.92 bits per heavy atom. The first kappa shape index (κ1) is 14.9. The number of phenols is 1. The van der Waals surface area contributed by atoms with Crippen molar-refractivity contribution in [1.29, 1.82) is 0 Å². The standard InChI is InChI=1S/C19H14N4O3/c24-12-3-1-10(2-4-12)18-14-6-21-19-17(14)13(7-22-23-19)16-11(9-26-18)5-20-8-15(16)25/h1-8,18,24-25H,9H2,(H,21,23). The van der Waals surface area contributed by atoms with Gasteiger partial charge in [0.1, 0.15) is 17.6 Å². The molecule has 5 rings (SSSR count). The van der Waals surface area contributed by atoms with Gasteiger partial charge < -0.3 is 19.9 Å². The van der Waals surface area contributed by atoms with Crippen LogP contribution in [0.25, 0.3) is 22.2 Å². The predicted molar refractivity (Wildman–Crippen MR) is 93.5 cm³/mol. The van der Waals surface area contributed by atoms with E-state index in [9.17, 15) is 10.2 Å². The number of H-pyrrole nitrogens is 1. The molecular weight excluding hydrogens is 332 g/mol. The van der Waals surface area contributed by atoms with Gasteiger partial charge in [0.25, 0.3) is 0 Å². The summed E-state index contributed by atoms with van der Waals surface area (Å²) in [5.74, 6) is 0.278. The van der Waals surface area contributed by atoms with Crippen LogP contribution in [-0.4, -0.2) is 30.4 Å². The summed E-state index contributed by atoms with van der Waals surface area (Å²) in [6.45, 7) is 0.275. The Labute approximate surface area is 147 Å². The molecule has 1 aliphatic heterocycles. The number of fused-ring (bicyclic) bond motifs is 2. The van der Waals surface area contributed by atoms with Crippen molar-refractivity contribution in [2.24, 2.45) is 0 Å². The van der Waals surface area contributed by atoms with Crippen molar-refractivity contribution in [3.63, 3.8) is 0 Å². The molecule has 1 atom stereocenters. The molecular formula is C19H14N4O3. The number of aromatic hydroxyl groups is 2. The number of aromatic nitrogens is 4. The first-order valence-electron chi connectivity index (χ1n) is 8.12. The maximum Gasteiger partial charge on any atom is 0.160 e. The van der Waals surface area contributed by atoms with Gasteiger partial charge in [0, 0.05) is 40.0 Å². The summed E-state index contributed by atoms with van der Waals surface area (Å²) in [5.41, 5.74) is 4.64. The van der Waals surface area contributed by atoms with Gasteiger partial charge >= 0.3 is 0 Å². The van der Waals surface area contributed by atoms with Gasteiger partial charge in [-0.2, -0.15) is 5.10 Å². The number of nitrogens with one attached hydrogen (secondary N) is 1. The zero-order chi connectivity index (χ0) is 17.7. The van der Waals surface area contributed by atoms with Crippen LogP contribution in [-0.2, 0) is 11.3 Å². The Bertz CT molecular complexity index is 1120. The smallest absolute Gasteiger partial charge is 0.160 e. The molecule has 3 N–H and O–H groups in total. The molecule has 26 heavy (non-hydrogen) atoms. The highest BCUT2D eigenvalue weighted by molar-refractivity contribution is 5.97. The van der Waals surface area contributed by atoms with Crippen LogP contribution in [0.5, 0.6) is 11.5 Å². The maximum atomic E-state index is 10.4. The van der Waals surface area contributed by atoms with Crippen molar-refractivity contribution in [3.8, 4) is 22.6 Å². The lowest BCUT2D eigenvalue weighted by atomic mass is 9.93. The van der Waals surface area contributed by atoms with Crippen molar-refractivity contribution in [1.82, 2.24) is 20.2 Å². The van der Waals surface area contributed by atoms with Gasteiger partial charge in [0.05, 0.1) is 19.0 Å². The van der Waals surface area contributed by atoms with Crippen LogP contribution in [0.2, 0.25) is 0 Å². The molecule has 0 aliphatic carbocycles. The van der Waals surface area contributed by atoms with Crippen molar-refractivity contribution in [2.45, 2.75) is 12.7 Å². The molecule has 0 saturated carbocycles. The third-order valence-electron chi connectivity index (χ3n) is 4.66. The molecule has 128 valence electrons. The summed E-state index contributed by atoms with van der Waals surface area (Å²) in [6, 6.07) is 6.93. The second-order valence-electron chi connectivity index (χ2n) is 6.20. The molecule has 3 aromatic heterocycles. The minimum absolute atomic E-state index is 0.0793. The SMILES string of the molecule is Oc1ccc(C2OCc3cncc(O)c3-c3cnnc4[nH]cc2c34)cc1. The zero-order valence-electron chi connectivity index (χ0n) is 13.5. The molecule has 1 aliphatic rings. The summed E-state index contributed by atoms with van der Waals surface area (Å²) >= 11 is 0. The van der Waals surface area contributed by atoms with Crippen molar-refractivity contribution in [3.05, 3.63) is 65.7 Å². The number of hydrogen-bond donors (Lipinski definition) is 3. The number of phenolic OH excluding ortho intramolecular Hbond substituents is 1. The van der Waals surface area contributed by atoms with Crippen molar-refractivity contribution < 1.29 is 14.9 Å². The van der Waals surface area contributed by atoms with Gasteiger partial charge in [-0.15, -0.1) is 5.10 Å². The Hall–Kier alpha value is -3.45. The number of aromatic amines is 1. The molecule has 0 spiro atoms. The lowest BCUT2D eigenvalue weighted by Crippen LogP contribution is -2.10. The molecule has 0 amide bonds. The Balaban J connectivity index is 1.82. The Kier molecular flexibility index (Phi) is 3.16. The summed E-state index contributed by atoms with van der Waals surface area (Å²) in [6.07, 6.45) is 6.24. The van der Waals surface area contributed by atoms with Crippen LogP contribution >= 0.6 is 0 Å². The van der Waals surface area contributed by atoms with Crippen LogP contribution in [0, 0.1) is 0 Å². The number of pyridine rings is 1. The number of hydrogen-bond acceptors (Lipinski definition) is 6. The van der Waals surface area contributed by atoms with Crippen LogP contribution < -0.4 is 0 Å². The number of benzene rings is 1. The molecule has 0 bridgehead atoms. The van der Waals surface area contributed by atoms with Crippen molar-refractivity contribution >= 4 is 11.0 Å². The van der Waals surface area contributed by atoms with E-state index in [0.29, 0.717) is 11.2 Å². The lowest BCUT2D eigenvalue weighted by Gasteiger charge is -2.23. The summed E-state index contributed by atoms with van der Waals surface area (Å²) in [5, 5.41) is 29.1. The summed E-state index contributed by atoms with van der Waals surface area (Å²) < 4.78 is 6.19. The lowest BCUT2D eigenvalue weighted by molar-refractivity contribution is 0.0672. The molecule has 1 unspecified atom stereocenters. The second kappa shape index (κ2) is 5.53. The molecule has 7 nitrogen and oxygen atoms in total. The fraction of sp³-hybridized carbons (Fsp3) is 0.105. The van der Waals surface area contributed by atoms with Crippen LogP contribution in [0.3, 0.4) is 0 Å². The second-order valence-corrected chi connectivity index (χ2v) is 6.20. The fourth-order valence-electron chi connectivity index (χ4n) is 3.49. The van der Waals surface area contributed by atoms with Crippen LogP contribution in [0.1, 0.15) is 22.8 Å². The topological polar surface area (TPSA) is 104 Å². The average molecular weight is 346 g/mol. The van der Waals surface area contributed by atoms with Crippen LogP contribution in [0.4, 0.5) is 0 Å². The Morgan fingerprint density at radius 3 is 2.77 bits per heavy atom. The maximum absolute atomic E-state index is 10.4. The molecule has 0 saturated heterocycles. The van der Waals surface area contributed by atoms with Gasteiger partial charge in [0.2, 0.25) is 0 Å². The van der Waals surface area contributed by atoms with E-state index < -0.39 is 0 Å². The fourth-order valence-corrected chi connectivity index (χ4v) is 3.49. The Morgan fingerprint density at radius 1 is 1.08 bits per heavy atom. The van der Waals surface area contributed by atoms with E-state index in [1.807, 2.05) is 18.3 Å². The number of rotatable bonds is 1. The van der Waals surface area contributed by atoms with Crippen LogP contribution in [0.15, 0.2) is 49.1 Å². The third kappa shape index (κ3) is 2.14. The van der Waals surface area contributed by atoms with Gasteiger partial charge in [-0.1, -0.05) is 12.1 Å². The summed E-state index contributed by atoms with van der Waals surface area (Å²) in [7, 11) is 0. The zero-order valence-corrected chi connectivity index (χ0v) is 13.5. The third-order valence-corrected chi connectivity index (χ3v) is 4.66. The van der Waals surface area contributed by atoms with Gasteiger partial charge in [-0.05, 0) is 17.7 Å². The molecule has 1 aromatic carbocycles.